The van der Waals surface area contributed by atoms with Gasteiger partial charge in [-0.1, -0.05) is 6.07 Å². The molecule has 2 aromatic rings. The monoisotopic (exact) mass is 283 g/mol. The van der Waals surface area contributed by atoms with E-state index in [1.54, 1.807) is 18.0 Å². The molecule has 0 atom stereocenters. The number of aromatic nitrogens is 4. The molecule has 0 aliphatic heterocycles. The highest BCUT2D eigenvalue weighted by molar-refractivity contribution is 9.10. The predicted molar refractivity (Wildman–Crippen MR) is 62.0 cm³/mol. The minimum absolute atomic E-state index is 0.231. The van der Waals surface area contributed by atoms with Gasteiger partial charge in [0.2, 0.25) is 11.8 Å². The molecule has 0 aliphatic rings. The van der Waals surface area contributed by atoms with Crippen LogP contribution in [0.3, 0.4) is 0 Å². The number of pyridine rings is 1. The molecular weight excluding hydrogens is 274 g/mol. The number of nitrogens with zero attached hydrogens (tertiary/aromatic N) is 4. The highest BCUT2D eigenvalue weighted by atomic mass is 79.9. The van der Waals surface area contributed by atoms with E-state index in [1.807, 2.05) is 12.1 Å². The lowest BCUT2D eigenvalue weighted by atomic mass is 10.3. The van der Waals surface area contributed by atoms with Gasteiger partial charge < -0.3 is 10.5 Å². The number of nitrogens with two attached hydrogens (primary N) is 1. The van der Waals surface area contributed by atoms with Crippen molar-refractivity contribution in [1.29, 1.82) is 0 Å². The molecular formula is C9H10BrN5O. The summed E-state index contributed by atoms with van der Waals surface area (Å²) in [7, 11) is 1.58. The molecule has 16 heavy (non-hydrogen) atoms. The Morgan fingerprint density at radius 2 is 2.38 bits per heavy atom. The Balaban J connectivity index is 2.30. The van der Waals surface area contributed by atoms with Crippen molar-refractivity contribution in [3.63, 3.8) is 0 Å². The summed E-state index contributed by atoms with van der Waals surface area (Å²) < 4.78 is 7.36. The maximum atomic E-state index is 5.48. The Hall–Kier alpha value is -1.63. The van der Waals surface area contributed by atoms with Crippen LogP contribution in [-0.2, 0) is 6.54 Å². The first-order chi connectivity index (χ1) is 7.70. The van der Waals surface area contributed by atoms with E-state index in [1.165, 1.54) is 0 Å². The average molecular weight is 284 g/mol. The third-order valence-electron chi connectivity index (χ3n) is 2.01. The highest BCUT2D eigenvalue weighted by Gasteiger charge is 2.09. The zero-order valence-electron chi connectivity index (χ0n) is 8.59. The molecule has 6 nitrogen and oxygen atoms in total. The molecule has 0 saturated carbocycles. The maximum absolute atomic E-state index is 5.48. The van der Waals surface area contributed by atoms with E-state index in [0.29, 0.717) is 17.2 Å². The topological polar surface area (TPSA) is 78.8 Å². The number of ether oxygens (including phenoxy) is 1. The molecule has 0 aromatic carbocycles. The van der Waals surface area contributed by atoms with Crippen LogP contribution in [-0.4, -0.2) is 26.9 Å². The van der Waals surface area contributed by atoms with Crippen LogP contribution in [0.4, 0.5) is 5.95 Å². The Morgan fingerprint density at radius 1 is 1.56 bits per heavy atom. The summed E-state index contributed by atoms with van der Waals surface area (Å²) in [6, 6.07) is 3.75. The van der Waals surface area contributed by atoms with Gasteiger partial charge in [0.1, 0.15) is 0 Å². The largest absolute Gasteiger partial charge is 0.481 e. The molecule has 2 N–H and O–H groups in total. The Labute approximate surface area is 101 Å². The molecule has 84 valence electrons. The summed E-state index contributed by atoms with van der Waals surface area (Å²) in [5.41, 5.74) is 6.40. The Morgan fingerprint density at radius 3 is 3.00 bits per heavy atom. The molecule has 2 rings (SSSR count). The summed E-state index contributed by atoms with van der Waals surface area (Å²) in [6.07, 6.45) is 1.67. The molecule has 2 heterocycles. The van der Waals surface area contributed by atoms with Gasteiger partial charge in [-0.25, -0.2) is 9.67 Å². The summed E-state index contributed by atoms with van der Waals surface area (Å²) in [5, 5.41) is 4.03. The number of rotatable bonds is 3. The van der Waals surface area contributed by atoms with E-state index in [-0.39, 0.29) is 5.95 Å². The molecule has 0 bridgehead atoms. The number of halogens is 1. The van der Waals surface area contributed by atoms with Crippen LogP contribution in [0.25, 0.3) is 0 Å². The van der Waals surface area contributed by atoms with Crippen LogP contribution >= 0.6 is 15.9 Å². The normalized spacial score (nSPS) is 10.4. The third kappa shape index (κ3) is 2.13. The van der Waals surface area contributed by atoms with Crippen molar-refractivity contribution < 1.29 is 4.74 Å². The van der Waals surface area contributed by atoms with Crippen LogP contribution in [0.1, 0.15) is 5.56 Å². The molecule has 0 radical (unpaired) electrons. The predicted octanol–water partition coefficient (Wildman–Crippen LogP) is 1.07. The lowest BCUT2D eigenvalue weighted by molar-refractivity contribution is 0.390. The fraction of sp³-hybridized carbons (Fsp3) is 0.222. The van der Waals surface area contributed by atoms with E-state index < -0.39 is 0 Å². The van der Waals surface area contributed by atoms with Crippen molar-refractivity contribution >= 4 is 21.9 Å². The average Bonchev–Trinajstić information content (AvgIpc) is 2.58. The summed E-state index contributed by atoms with van der Waals surface area (Å²) in [6.45, 7) is 0.502. The first-order valence-corrected chi connectivity index (χ1v) is 5.33. The number of methoxy groups -OCH3 is 1. The van der Waals surface area contributed by atoms with Gasteiger partial charge in [0.25, 0.3) is 0 Å². The second-order valence-electron chi connectivity index (χ2n) is 3.07. The van der Waals surface area contributed by atoms with Gasteiger partial charge in [-0.05, 0) is 22.0 Å². The third-order valence-corrected chi connectivity index (χ3v) is 2.59. The van der Waals surface area contributed by atoms with Crippen molar-refractivity contribution in [3.8, 4) is 5.88 Å². The Bertz CT molecular complexity index is 498. The number of hydrogen-bond donors (Lipinski definition) is 1. The molecule has 0 saturated heterocycles. The molecule has 0 fully saturated rings. The first kappa shape index (κ1) is 10.9. The SMILES string of the molecule is COc1ncccc1Cn1nc(N)nc1Br. The number of hydrogen-bond acceptors (Lipinski definition) is 5. The highest BCUT2D eigenvalue weighted by Crippen LogP contribution is 2.17. The first-order valence-electron chi connectivity index (χ1n) is 4.54. The van der Waals surface area contributed by atoms with Crippen molar-refractivity contribution in [2.45, 2.75) is 6.54 Å². The van der Waals surface area contributed by atoms with E-state index in [4.69, 9.17) is 10.5 Å². The molecule has 7 heteroatoms. The van der Waals surface area contributed by atoms with Crippen molar-refractivity contribution in [3.05, 3.63) is 28.6 Å². The zero-order valence-corrected chi connectivity index (χ0v) is 10.2. The Kier molecular flexibility index (Phi) is 3.04. The smallest absolute Gasteiger partial charge is 0.240 e. The lowest BCUT2D eigenvalue weighted by Crippen LogP contribution is -2.05. The summed E-state index contributed by atoms with van der Waals surface area (Å²) >= 11 is 3.27. The van der Waals surface area contributed by atoms with Crippen molar-refractivity contribution in [2.75, 3.05) is 12.8 Å². The minimum atomic E-state index is 0.231. The van der Waals surface area contributed by atoms with Crippen LogP contribution in [0.15, 0.2) is 23.1 Å². The lowest BCUT2D eigenvalue weighted by Gasteiger charge is -2.06. The second-order valence-corrected chi connectivity index (χ2v) is 3.78. The van der Waals surface area contributed by atoms with Gasteiger partial charge in [-0.15, -0.1) is 5.10 Å². The quantitative estimate of drug-likeness (QED) is 0.912. The van der Waals surface area contributed by atoms with Gasteiger partial charge in [-0.3, -0.25) is 0 Å². The molecule has 0 aliphatic carbocycles. The van der Waals surface area contributed by atoms with Crippen LogP contribution in [0, 0.1) is 0 Å². The maximum Gasteiger partial charge on any atom is 0.240 e. The van der Waals surface area contributed by atoms with Gasteiger partial charge in [0.15, 0.2) is 4.73 Å². The fourth-order valence-corrected chi connectivity index (χ4v) is 1.72. The van der Waals surface area contributed by atoms with Gasteiger partial charge in [-0.2, -0.15) is 4.98 Å². The van der Waals surface area contributed by atoms with E-state index in [2.05, 4.69) is 31.0 Å². The minimum Gasteiger partial charge on any atom is -0.481 e. The van der Waals surface area contributed by atoms with Gasteiger partial charge in [0, 0.05) is 11.8 Å². The number of anilines is 1. The molecule has 0 unspecified atom stereocenters. The van der Waals surface area contributed by atoms with E-state index in [0.717, 1.165) is 5.56 Å². The number of nitrogen functional groups attached to an aromatic ring is 1. The van der Waals surface area contributed by atoms with Crippen molar-refractivity contribution in [1.82, 2.24) is 19.7 Å². The van der Waals surface area contributed by atoms with Crippen LogP contribution < -0.4 is 10.5 Å². The fourth-order valence-electron chi connectivity index (χ4n) is 1.33. The van der Waals surface area contributed by atoms with Gasteiger partial charge >= 0.3 is 0 Å². The molecule has 0 spiro atoms. The zero-order chi connectivity index (χ0) is 11.5. The summed E-state index contributed by atoms with van der Waals surface area (Å²) in [5.74, 6) is 0.804. The molecule has 2 aromatic heterocycles. The second kappa shape index (κ2) is 4.48. The molecule has 0 amide bonds. The van der Waals surface area contributed by atoms with Crippen molar-refractivity contribution in [2.24, 2.45) is 0 Å². The van der Waals surface area contributed by atoms with Crippen LogP contribution in [0.5, 0.6) is 5.88 Å². The standard InChI is InChI=1S/C9H10BrN5O/c1-16-7-6(3-2-4-12-7)5-15-8(10)13-9(11)14-15/h2-4H,5H2,1H3,(H2,11,14). The summed E-state index contributed by atoms with van der Waals surface area (Å²) in [4.78, 5) is 8.05. The van der Waals surface area contributed by atoms with E-state index >= 15 is 0 Å². The van der Waals surface area contributed by atoms with E-state index in [9.17, 15) is 0 Å². The van der Waals surface area contributed by atoms with Crippen LogP contribution in [0.2, 0.25) is 0 Å². The van der Waals surface area contributed by atoms with Gasteiger partial charge in [0.05, 0.1) is 13.7 Å².